The van der Waals surface area contributed by atoms with E-state index >= 15 is 0 Å². The summed E-state index contributed by atoms with van der Waals surface area (Å²) in [6.45, 7) is 12.5. The molecule has 0 aromatic heterocycles. The molecule has 0 spiro atoms. The fraction of sp³-hybridized carbons (Fsp3) is 0.462. The second kappa shape index (κ2) is 7.67. The van der Waals surface area contributed by atoms with E-state index in [1.165, 1.54) is 0 Å². The molecule has 3 aliphatic rings. The predicted octanol–water partition coefficient (Wildman–Crippen LogP) is 5.88. The van der Waals surface area contributed by atoms with Crippen molar-refractivity contribution in [2.75, 3.05) is 6.61 Å². The maximum Gasteiger partial charge on any atom is 0.162 e. The van der Waals surface area contributed by atoms with Crippen LogP contribution in [0.1, 0.15) is 64.9 Å². The fourth-order valence-corrected chi connectivity index (χ4v) is 5.43. The maximum atomic E-state index is 13.3. The molecule has 0 saturated carbocycles. The van der Waals surface area contributed by atoms with Crippen molar-refractivity contribution in [3.63, 3.8) is 0 Å². The molecule has 5 heteroatoms. The molecule has 0 unspecified atom stereocenters. The zero-order valence-corrected chi connectivity index (χ0v) is 19.5. The van der Waals surface area contributed by atoms with Crippen LogP contribution >= 0.6 is 11.6 Å². The van der Waals surface area contributed by atoms with Crippen LogP contribution in [0.2, 0.25) is 5.02 Å². The van der Waals surface area contributed by atoms with Crippen molar-refractivity contribution < 1.29 is 14.3 Å². The molecular weight excluding hydrogens is 410 g/mol. The number of carbonyl (C=O) groups excluding carboxylic acids is 2. The van der Waals surface area contributed by atoms with Crippen molar-refractivity contribution in [2.45, 2.75) is 59.3 Å². The molecule has 1 aliphatic heterocycles. The van der Waals surface area contributed by atoms with E-state index in [0.717, 1.165) is 40.9 Å². The molecule has 0 atom stereocenters. The number of ether oxygens (including phenoxy) is 1. The SMILES string of the molecule is C=CCOc1ccc(C2C3=C(CC(C)(C)CC3=O)NC3=C2C(=O)CC(C)(C)C3)cc1Cl. The Morgan fingerprint density at radius 1 is 1.03 bits per heavy atom. The Kier molecular flexibility index (Phi) is 5.41. The number of rotatable bonds is 4. The lowest BCUT2D eigenvalue weighted by molar-refractivity contribution is -0.119. The number of hydrogen-bond acceptors (Lipinski definition) is 4. The number of carbonyl (C=O) groups is 2. The molecule has 1 heterocycles. The van der Waals surface area contributed by atoms with Gasteiger partial charge in [-0.1, -0.05) is 58.0 Å². The van der Waals surface area contributed by atoms with Crippen molar-refractivity contribution in [1.82, 2.24) is 5.32 Å². The van der Waals surface area contributed by atoms with Gasteiger partial charge in [0.15, 0.2) is 11.6 Å². The highest BCUT2D eigenvalue weighted by molar-refractivity contribution is 6.32. The van der Waals surface area contributed by atoms with Gasteiger partial charge in [0.25, 0.3) is 0 Å². The van der Waals surface area contributed by atoms with Gasteiger partial charge in [-0.15, -0.1) is 0 Å². The molecule has 31 heavy (non-hydrogen) atoms. The van der Waals surface area contributed by atoms with Gasteiger partial charge in [-0.2, -0.15) is 0 Å². The minimum atomic E-state index is -0.385. The van der Waals surface area contributed by atoms with Gasteiger partial charge >= 0.3 is 0 Å². The largest absolute Gasteiger partial charge is 0.488 e. The summed E-state index contributed by atoms with van der Waals surface area (Å²) in [6.07, 6.45) is 4.17. The van der Waals surface area contributed by atoms with Gasteiger partial charge in [0.1, 0.15) is 12.4 Å². The molecule has 4 nitrogen and oxygen atoms in total. The van der Waals surface area contributed by atoms with Gasteiger partial charge in [0.2, 0.25) is 0 Å². The van der Waals surface area contributed by atoms with Crippen LogP contribution in [0, 0.1) is 10.8 Å². The average molecular weight is 440 g/mol. The number of ketones is 2. The predicted molar refractivity (Wildman–Crippen MR) is 123 cm³/mol. The molecule has 1 aromatic carbocycles. The molecule has 0 bridgehead atoms. The van der Waals surface area contributed by atoms with Crippen LogP contribution in [0.15, 0.2) is 53.4 Å². The van der Waals surface area contributed by atoms with Crippen LogP contribution in [0.25, 0.3) is 0 Å². The standard InChI is InChI=1S/C26H30ClNO3/c1-6-9-31-21-8-7-15(10-16(21)27)22-23-17(11-25(2,3)13-19(23)29)28-18-12-26(4,5)14-20(30)24(18)22/h6-8,10,22,28H,1,9,11-14H2,2-5H3. The van der Waals surface area contributed by atoms with E-state index in [2.05, 4.69) is 39.6 Å². The molecule has 0 radical (unpaired) electrons. The van der Waals surface area contributed by atoms with E-state index in [1.807, 2.05) is 18.2 Å². The first-order chi connectivity index (χ1) is 14.5. The summed E-state index contributed by atoms with van der Waals surface area (Å²) in [4.78, 5) is 26.7. The Labute approximate surface area is 189 Å². The fourth-order valence-electron chi connectivity index (χ4n) is 5.18. The number of hydrogen-bond donors (Lipinski definition) is 1. The topological polar surface area (TPSA) is 55.4 Å². The first-order valence-electron chi connectivity index (χ1n) is 10.8. The minimum Gasteiger partial charge on any atom is -0.488 e. The summed E-state index contributed by atoms with van der Waals surface area (Å²) < 4.78 is 5.62. The molecule has 0 fully saturated rings. The summed E-state index contributed by atoms with van der Waals surface area (Å²) in [5.41, 5.74) is 4.00. The summed E-state index contributed by atoms with van der Waals surface area (Å²) in [5, 5.41) is 4.00. The Balaban J connectivity index is 1.86. The quantitative estimate of drug-likeness (QED) is 0.595. The lowest BCUT2D eigenvalue weighted by Crippen LogP contribution is -2.42. The number of halogens is 1. The average Bonchev–Trinajstić information content (AvgIpc) is 2.63. The van der Waals surface area contributed by atoms with E-state index < -0.39 is 0 Å². The molecule has 0 amide bonds. The highest BCUT2D eigenvalue weighted by atomic mass is 35.5. The third-order valence-electron chi connectivity index (χ3n) is 6.37. The number of benzene rings is 1. The van der Waals surface area contributed by atoms with Gasteiger partial charge in [-0.25, -0.2) is 0 Å². The van der Waals surface area contributed by atoms with Gasteiger partial charge in [0.05, 0.1) is 5.02 Å². The van der Waals surface area contributed by atoms with Crippen LogP contribution < -0.4 is 10.1 Å². The molecule has 4 rings (SSSR count). The minimum absolute atomic E-state index is 0.107. The normalized spacial score (nSPS) is 22.6. The zero-order chi connectivity index (χ0) is 22.6. The molecular formula is C26H30ClNO3. The van der Waals surface area contributed by atoms with E-state index in [1.54, 1.807) is 6.08 Å². The first-order valence-corrected chi connectivity index (χ1v) is 11.2. The third-order valence-corrected chi connectivity index (χ3v) is 6.66. The molecule has 1 aromatic rings. The summed E-state index contributed by atoms with van der Waals surface area (Å²) >= 11 is 6.52. The van der Waals surface area contributed by atoms with Crippen LogP contribution in [-0.2, 0) is 9.59 Å². The monoisotopic (exact) mass is 439 g/mol. The lowest BCUT2D eigenvalue weighted by atomic mass is 9.64. The van der Waals surface area contributed by atoms with Crippen LogP contribution in [0.5, 0.6) is 5.75 Å². The van der Waals surface area contributed by atoms with E-state index in [4.69, 9.17) is 16.3 Å². The smallest absolute Gasteiger partial charge is 0.162 e. The summed E-state index contributed by atoms with van der Waals surface area (Å²) in [7, 11) is 0. The van der Waals surface area contributed by atoms with Gasteiger partial charge in [0, 0.05) is 41.3 Å². The van der Waals surface area contributed by atoms with E-state index in [9.17, 15) is 9.59 Å². The number of Topliss-reactive ketones (excluding diaryl/α,β-unsaturated/α-hetero) is 2. The second-order valence-electron chi connectivity index (χ2n) is 10.5. The van der Waals surface area contributed by atoms with Crippen molar-refractivity contribution in [3.05, 3.63) is 64.0 Å². The van der Waals surface area contributed by atoms with Crippen LogP contribution in [-0.4, -0.2) is 18.2 Å². The van der Waals surface area contributed by atoms with Gasteiger partial charge in [-0.05, 0) is 41.4 Å². The number of allylic oxidation sites excluding steroid dienone is 4. The van der Waals surface area contributed by atoms with Crippen LogP contribution in [0.3, 0.4) is 0 Å². The Morgan fingerprint density at radius 3 is 2.06 bits per heavy atom. The Morgan fingerprint density at radius 2 is 1.58 bits per heavy atom. The number of dihydropyridines is 1. The molecule has 164 valence electrons. The van der Waals surface area contributed by atoms with Crippen molar-refractivity contribution in [2.24, 2.45) is 10.8 Å². The molecule has 0 saturated heterocycles. The zero-order valence-electron chi connectivity index (χ0n) is 18.7. The van der Waals surface area contributed by atoms with Crippen molar-refractivity contribution in [3.8, 4) is 5.75 Å². The summed E-state index contributed by atoms with van der Waals surface area (Å²) in [5.74, 6) is 0.395. The maximum absolute atomic E-state index is 13.3. The van der Waals surface area contributed by atoms with E-state index in [0.29, 0.717) is 30.2 Å². The van der Waals surface area contributed by atoms with Crippen molar-refractivity contribution in [1.29, 1.82) is 0 Å². The number of nitrogens with one attached hydrogen (secondary N) is 1. The lowest BCUT2D eigenvalue weighted by Gasteiger charge is -2.44. The van der Waals surface area contributed by atoms with Gasteiger partial charge in [-0.3, -0.25) is 9.59 Å². The third kappa shape index (κ3) is 4.10. The highest BCUT2D eigenvalue weighted by Gasteiger charge is 2.46. The van der Waals surface area contributed by atoms with E-state index in [-0.39, 0.29) is 28.3 Å². The molecule has 2 aliphatic carbocycles. The van der Waals surface area contributed by atoms with Crippen molar-refractivity contribution >= 4 is 23.2 Å². The van der Waals surface area contributed by atoms with Crippen LogP contribution in [0.4, 0.5) is 0 Å². The van der Waals surface area contributed by atoms with Gasteiger partial charge < -0.3 is 10.1 Å². The Hall–Kier alpha value is -2.33. The highest BCUT2D eigenvalue weighted by Crippen LogP contribution is 2.51. The Bertz CT molecular complexity index is 993. The summed E-state index contributed by atoms with van der Waals surface area (Å²) in [6, 6.07) is 5.58. The first kappa shape index (κ1) is 21.9. The molecule has 1 N–H and O–H groups in total. The second-order valence-corrected chi connectivity index (χ2v) is 10.9.